The molecular weight excluding hydrogens is 928 g/mol. The number of hydrazine groups is 4. The van der Waals surface area contributed by atoms with Gasteiger partial charge in [-0.15, -0.1) is 19.3 Å². The Labute approximate surface area is 353 Å². The van der Waals surface area contributed by atoms with Crippen LogP contribution in [-0.2, 0) is 57.2 Å². The number of aromatic nitrogens is 8. The normalized spacial score (nSPS) is 12.9. The van der Waals surface area contributed by atoms with E-state index in [1.54, 1.807) is 48.5 Å². The summed E-state index contributed by atoms with van der Waals surface area (Å²) in [5.74, 6) is 21.6. The number of nitrogens with two attached hydrogens (primary N) is 4. The Morgan fingerprint density at radius 2 is 0.639 bits per heavy atom. The molecule has 0 atom stereocenters. The molecule has 4 aromatic carbocycles. The van der Waals surface area contributed by atoms with Gasteiger partial charge in [0.15, 0.2) is 23.3 Å². The van der Waals surface area contributed by atoms with Gasteiger partial charge < -0.3 is 9.97 Å². The van der Waals surface area contributed by atoms with Gasteiger partial charge in [-0.05, 0) is 0 Å². The zero-order valence-corrected chi connectivity index (χ0v) is 34.3. The Balaban J connectivity index is 0.00000514. The molecule has 14 N–H and O–H groups in total. The van der Waals surface area contributed by atoms with Crippen molar-refractivity contribution in [2.45, 2.75) is 19.6 Å². The Hall–Kier alpha value is -5.76. The van der Waals surface area contributed by atoms with E-state index in [4.69, 9.17) is 33.3 Å². The van der Waals surface area contributed by atoms with Gasteiger partial charge in [0, 0.05) is 50.1 Å². The smallest absolute Gasteiger partial charge is 0.255 e. The minimum Gasteiger partial charge on any atom is -0.324 e. The van der Waals surface area contributed by atoms with Crippen molar-refractivity contribution in [2.24, 2.45) is 23.4 Å². The standard InChI is InChI=1S/C32H26N16O8S4.Cu/c33-45-57(49,50)21-19-20(22(58(51,52)46-34)24(60(55,56)48-36)23(21)59(53,54)47-35)32-43-30-18-12-6-4-10-16(18)28(41-30)39-26-14-8-2-1-7-13(14)25(37-26)38-27-15-9-3-5-11-17(15)29(40-27)42-31(19)44-32;/h1-12,45-48H,33-36H2,(H2,37,38,39,40,41,42,43,44);. The summed E-state index contributed by atoms with van der Waals surface area (Å²) in [5.41, 5.74) is 0.981. The van der Waals surface area contributed by atoms with Crippen molar-refractivity contribution in [2.75, 3.05) is 0 Å². The molecule has 0 fully saturated rings. The van der Waals surface area contributed by atoms with E-state index < -0.39 is 81.7 Å². The molecule has 317 valence electrons. The number of hydrogen-bond acceptors (Lipinski definition) is 18. The molecule has 29 heteroatoms. The van der Waals surface area contributed by atoms with Crippen molar-refractivity contribution in [1.82, 2.24) is 59.2 Å². The fourth-order valence-electron chi connectivity index (χ4n) is 7.03. The number of sulfonamides is 4. The summed E-state index contributed by atoms with van der Waals surface area (Å²) in [4.78, 5) is 33.4. The molecule has 61 heavy (non-hydrogen) atoms. The van der Waals surface area contributed by atoms with E-state index in [0.29, 0.717) is 44.3 Å². The SMILES string of the molecule is NNS(=O)(=O)c1c(S(=O)(=O)NN)c(S(=O)(=O)NN)c2c3nc4nc(nc5[nH]c(nc6nc(nc([nH]3)c2c1S(=O)(=O)NN)-c1ccccc1-6)c1ccccc51)-c1ccccc1-4.[Cu]. The Morgan fingerprint density at radius 1 is 0.377 bits per heavy atom. The second kappa shape index (κ2) is 14.7. The first-order valence-corrected chi connectivity index (χ1v) is 22.7. The topological polar surface area (TPSA) is 398 Å². The summed E-state index contributed by atoms with van der Waals surface area (Å²) in [6, 6.07) is 20.5. The predicted molar refractivity (Wildman–Crippen MR) is 214 cm³/mol. The van der Waals surface area contributed by atoms with Crippen molar-refractivity contribution < 1.29 is 50.7 Å². The van der Waals surface area contributed by atoms with Crippen molar-refractivity contribution in [3.8, 4) is 45.6 Å². The van der Waals surface area contributed by atoms with Crippen LogP contribution in [0.25, 0.3) is 89.7 Å². The van der Waals surface area contributed by atoms with Crippen LogP contribution in [0.15, 0.2) is 92.4 Å². The second-order valence-electron chi connectivity index (χ2n) is 12.8. The van der Waals surface area contributed by atoms with Crippen LogP contribution in [0.1, 0.15) is 0 Å². The first-order valence-electron chi connectivity index (χ1n) is 16.8. The number of H-pyrrole nitrogens is 2. The second-order valence-corrected chi connectivity index (χ2v) is 19.4. The largest absolute Gasteiger partial charge is 0.324 e. The molecule has 0 unspecified atom stereocenters. The van der Waals surface area contributed by atoms with Crippen LogP contribution in [0, 0.1) is 0 Å². The van der Waals surface area contributed by atoms with Crippen LogP contribution in [0.4, 0.5) is 0 Å². The zero-order chi connectivity index (χ0) is 42.5. The van der Waals surface area contributed by atoms with Crippen LogP contribution >= 0.6 is 0 Å². The number of nitrogens with one attached hydrogen (secondary N) is 6. The molecule has 24 nitrogen and oxygen atoms in total. The van der Waals surface area contributed by atoms with Gasteiger partial charge in [0.25, 0.3) is 40.1 Å². The quantitative estimate of drug-likeness (QED) is 0.0520. The molecule has 0 spiro atoms. The molecule has 7 aromatic rings. The van der Waals surface area contributed by atoms with Crippen LogP contribution in [-0.4, -0.2) is 73.5 Å². The Bertz CT molecular complexity index is 3460. The Morgan fingerprint density at radius 3 is 0.951 bits per heavy atom. The van der Waals surface area contributed by atoms with Gasteiger partial charge in [-0.3, -0.25) is 23.4 Å². The molecule has 1 radical (unpaired) electrons. The van der Waals surface area contributed by atoms with E-state index in [0.717, 1.165) is 0 Å². The summed E-state index contributed by atoms with van der Waals surface area (Å²) in [6.45, 7) is 0. The minimum absolute atomic E-state index is 0. The maximum absolute atomic E-state index is 14.1. The van der Waals surface area contributed by atoms with Crippen LogP contribution in [0.3, 0.4) is 0 Å². The molecule has 2 aliphatic rings. The number of rotatable bonds is 8. The van der Waals surface area contributed by atoms with Gasteiger partial charge in [-0.1, -0.05) is 72.8 Å². The van der Waals surface area contributed by atoms with Gasteiger partial charge in [0.05, 0.1) is 10.8 Å². The average molecular weight is 954 g/mol. The predicted octanol–water partition coefficient (Wildman–Crippen LogP) is -0.525. The van der Waals surface area contributed by atoms with Crippen molar-refractivity contribution >= 4 is 84.2 Å². The fraction of sp³-hybridized carbons (Fsp3) is 0. The Kier molecular flexibility index (Phi) is 10.1. The number of hydrogen-bond donors (Lipinski definition) is 10. The number of aromatic amines is 2. The maximum Gasteiger partial charge on any atom is 0.255 e. The third-order valence-corrected chi connectivity index (χ3v) is 14.9. The fourth-order valence-corrected chi connectivity index (χ4v) is 12.6. The van der Waals surface area contributed by atoms with Crippen LogP contribution in [0.2, 0.25) is 0 Å². The molecule has 9 rings (SSSR count). The third kappa shape index (κ3) is 6.47. The number of fused-ring (bicyclic) bond motifs is 20. The molecule has 3 aromatic heterocycles. The maximum atomic E-state index is 14.1. The van der Waals surface area contributed by atoms with Crippen LogP contribution < -0.4 is 42.7 Å². The van der Waals surface area contributed by atoms with Crippen molar-refractivity contribution in [3.05, 3.63) is 72.8 Å². The minimum atomic E-state index is -5.57. The van der Waals surface area contributed by atoms with Gasteiger partial charge in [-0.2, -0.15) is 0 Å². The molecule has 5 heterocycles. The third-order valence-electron chi connectivity index (χ3n) is 9.52. The first kappa shape index (κ1) is 42.0. The van der Waals surface area contributed by atoms with E-state index in [9.17, 15) is 33.7 Å². The van der Waals surface area contributed by atoms with E-state index >= 15 is 0 Å². The molecule has 8 bridgehead atoms. The average Bonchev–Trinajstić information content (AvgIpc) is 3.98. The van der Waals surface area contributed by atoms with E-state index in [1.807, 2.05) is 24.3 Å². The summed E-state index contributed by atoms with van der Waals surface area (Å²) in [7, 11) is -22.0. The summed E-state index contributed by atoms with van der Waals surface area (Å²) < 4.78 is 112. The van der Waals surface area contributed by atoms with E-state index in [-0.39, 0.29) is 40.4 Å². The molecule has 0 amide bonds. The van der Waals surface area contributed by atoms with E-state index in [1.165, 1.54) is 19.3 Å². The summed E-state index contributed by atoms with van der Waals surface area (Å²) in [5, 5.41) is -0.447. The van der Waals surface area contributed by atoms with Crippen LogP contribution in [0.5, 0.6) is 0 Å². The van der Waals surface area contributed by atoms with Gasteiger partial charge in [0.2, 0.25) is 0 Å². The van der Waals surface area contributed by atoms with Gasteiger partial charge in [-0.25, -0.2) is 63.6 Å². The van der Waals surface area contributed by atoms with Crippen molar-refractivity contribution in [3.63, 3.8) is 0 Å². The first-order chi connectivity index (χ1) is 28.5. The molecular formula is C32H26CuN16O8S4. The molecule has 0 saturated heterocycles. The molecule has 0 aliphatic carbocycles. The molecule has 0 saturated carbocycles. The number of benzene rings is 4. The van der Waals surface area contributed by atoms with Crippen molar-refractivity contribution in [1.29, 1.82) is 0 Å². The van der Waals surface area contributed by atoms with E-state index in [2.05, 4.69) is 29.9 Å². The summed E-state index contributed by atoms with van der Waals surface area (Å²) >= 11 is 0. The zero-order valence-electron chi connectivity index (χ0n) is 30.1. The monoisotopic (exact) mass is 953 g/mol. The van der Waals surface area contributed by atoms with Gasteiger partial charge in [0.1, 0.15) is 42.2 Å². The number of nitrogens with zero attached hydrogens (tertiary/aromatic N) is 6. The summed E-state index contributed by atoms with van der Waals surface area (Å²) in [6.07, 6.45) is 0. The van der Waals surface area contributed by atoms with Gasteiger partial charge >= 0.3 is 0 Å². The molecule has 2 aliphatic heterocycles.